The molecule has 1 amide bonds. The topological polar surface area (TPSA) is 63.6 Å². The monoisotopic (exact) mass is 317 g/mol. The first-order valence-corrected chi connectivity index (χ1v) is 7.95. The summed E-state index contributed by atoms with van der Waals surface area (Å²) in [6.07, 6.45) is 1.71. The summed E-state index contributed by atoms with van der Waals surface area (Å²) in [6, 6.07) is 9.46. The second-order valence-corrected chi connectivity index (χ2v) is 6.03. The zero-order valence-corrected chi connectivity index (χ0v) is 13.5. The van der Waals surface area contributed by atoms with Gasteiger partial charge in [0.15, 0.2) is 0 Å². The average molecular weight is 317 g/mol. The Bertz CT molecular complexity index is 610. The molecule has 2 heterocycles. The van der Waals surface area contributed by atoms with E-state index in [1.807, 2.05) is 43.5 Å². The second-order valence-electron chi connectivity index (χ2n) is 5.08. The van der Waals surface area contributed by atoms with E-state index in [0.29, 0.717) is 23.9 Å². The largest absolute Gasteiger partial charge is 0.465 e. The number of hydrogen-bond acceptors (Lipinski definition) is 5. The lowest BCUT2D eigenvalue weighted by Gasteiger charge is -2.12. The molecule has 0 aromatic carbocycles. The van der Waals surface area contributed by atoms with Gasteiger partial charge in [-0.3, -0.25) is 15.1 Å². The molecule has 116 valence electrons. The van der Waals surface area contributed by atoms with Crippen molar-refractivity contribution in [2.45, 2.75) is 20.4 Å². The molecule has 0 bridgehead atoms. The molecule has 0 radical (unpaired) electrons. The Morgan fingerprint density at radius 3 is 2.86 bits per heavy atom. The highest BCUT2D eigenvalue weighted by Gasteiger charge is 2.11. The SMILES string of the molecule is CC(C)COC(=NCc1ccccn1)NC(=O)c1cccs1. The number of pyridine rings is 1. The van der Waals surface area contributed by atoms with Gasteiger partial charge in [0.25, 0.3) is 11.9 Å². The molecule has 2 rings (SSSR count). The fourth-order valence-electron chi connectivity index (χ4n) is 1.58. The van der Waals surface area contributed by atoms with E-state index in [1.165, 1.54) is 11.3 Å². The first-order chi connectivity index (χ1) is 10.6. The summed E-state index contributed by atoms with van der Waals surface area (Å²) >= 11 is 1.38. The number of nitrogens with one attached hydrogen (secondary N) is 1. The Balaban J connectivity index is 2.03. The quantitative estimate of drug-likeness (QED) is 0.681. The van der Waals surface area contributed by atoms with Crippen LogP contribution in [0.3, 0.4) is 0 Å². The number of hydrogen-bond donors (Lipinski definition) is 1. The summed E-state index contributed by atoms with van der Waals surface area (Å²) in [7, 11) is 0. The van der Waals surface area contributed by atoms with E-state index in [0.717, 1.165) is 5.69 Å². The van der Waals surface area contributed by atoms with Crippen LogP contribution in [0.5, 0.6) is 0 Å². The van der Waals surface area contributed by atoms with E-state index in [-0.39, 0.29) is 11.9 Å². The van der Waals surface area contributed by atoms with Crippen LogP contribution in [0, 0.1) is 5.92 Å². The Morgan fingerprint density at radius 1 is 1.36 bits per heavy atom. The standard InChI is InChI=1S/C16H19N3O2S/c1-12(2)11-21-16(18-10-13-6-3-4-8-17-13)19-15(20)14-7-5-9-22-14/h3-9,12H,10-11H2,1-2H3,(H,18,19,20). The van der Waals surface area contributed by atoms with Crippen molar-refractivity contribution in [3.63, 3.8) is 0 Å². The summed E-state index contributed by atoms with van der Waals surface area (Å²) in [4.78, 5) is 21.2. The van der Waals surface area contributed by atoms with Crippen molar-refractivity contribution in [1.29, 1.82) is 0 Å². The number of amides is 1. The Labute approximate surface area is 134 Å². The smallest absolute Gasteiger partial charge is 0.292 e. The number of thiophene rings is 1. The lowest BCUT2D eigenvalue weighted by atomic mass is 10.2. The van der Waals surface area contributed by atoms with Crippen LogP contribution in [0.4, 0.5) is 0 Å². The normalized spacial score (nSPS) is 11.5. The van der Waals surface area contributed by atoms with Crippen molar-refractivity contribution in [1.82, 2.24) is 10.3 Å². The van der Waals surface area contributed by atoms with Crippen LogP contribution in [0.2, 0.25) is 0 Å². The van der Waals surface area contributed by atoms with Crippen LogP contribution < -0.4 is 5.32 Å². The lowest BCUT2D eigenvalue weighted by Crippen LogP contribution is -2.33. The van der Waals surface area contributed by atoms with E-state index >= 15 is 0 Å². The first-order valence-electron chi connectivity index (χ1n) is 7.07. The number of aromatic nitrogens is 1. The highest BCUT2D eigenvalue weighted by molar-refractivity contribution is 7.12. The zero-order chi connectivity index (χ0) is 15.8. The Hall–Kier alpha value is -2.21. The molecule has 0 atom stereocenters. The summed E-state index contributed by atoms with van der Waals surface area (Å²) in [6.45, 7) is 4.93. The fourth-order valence-corrected chi connectivity index (χ4v) is 2.20. The molecule has 22 heavy (non-hydrogen) atoms. The van der Waals surface area contributed by atoms with E-state index in [1.54, 1.807) is 12.3 Å². The summed E-state index contributed by atoms with van der Waals surface area (Å²) < 4.78 is 5.59. The molecule has 5 nitrogen and oxygen atoms in total. The van der Waals surface area contributed by atoms with E-state index < -0.39 is 0 Å². The van der Waals surface area contributed by atoms with Crippen molar-refractivity contribution in [3.05, 3.63) is 52.5 Å². The van der Waals surface area contributed by atoms with Crippen molar-refractivity contribution in [3.8, 4) is 0 Å². The molecule has 2 aromatic rings. The number of carbonyl (C=O) groups excluding carboxylic acids is 1. The van der Waals surface area contributed by atoms with Crippen molar-refractivity contribution in [2.24, 2.45) is 10.9 Å². The van der Waals surface area contributed by atoms with Crippen molar-refractivity contribution >= 4 is 23.3 Å². The van der Waals surface area contributed by atoms with Gasteiger partial charge in [0.2, 0.25) is 0 Å². The van der Waals surface area contributed by atoms with Gasteiger partial charge in [0.05, 0.1) is 23.7 Å². The zero-order valence-electron chi connectivity index (χ0n) is 12.7. The lowest BCUT2D eigenvalue weighted by molar-refractivity contribution is 0.0967. The van der Waals surface area contributed by atoms with Crippen LogP contribution in [0.15, 0.2) is 46.9 Å². The third-order valence-electron chi connectivity index (χ3n) is 2.63. The molecule has 1 N–H and O–H groups in total. The molecule has 2 aromatic heterocycles. The molecule has 6 heteroatoms. The van der Waals surface area contributed by atoms with Crippen molar-refractivity contribution in [2.75, 3.05) is 6.61 Å². The van der Waals surface area contributed by atoms with Gasteiger partial charge >= 0.3 is 0 Å². The fraction of sp³-hybridized carbons (Fsp3) is 0.312. The molecule has 0 aliphatic rings. The predicted molar refractivity (Wildman–Crippen MR) is 88.0 cm³/mol. The number of rotatable bonds is 5. The molecular formula is C16H19N3O2S. The van der Waals surface area contributed by atoms with Crippen LogP contribution in [-0.2, 0) is 11.3 Å². The number of nitrogens with zero attached hydrogens (tertiary/aromatic N) is 2. The molecule has 0 fully saturated rings. The van der Waals surface area contributed by atoms with Crippen LogP contribution >= 0.6 is 11.3 Å². The average Bonchev–Trinajstić information content (AvgIpc) is 3.05. The van der Waals surface area contributed by atoms with Gasteiger partial charge in [0.1, 0.15) is 0 Å². The Morgan fingerprint density at radius 2 is 2.23 bits per heavy atom. The van der Waals surface area contributed by atoms with Gasteiger partial charge in [-0.2, -0.15) is 0 Å². The number of amidine groups is 1. The van der Waals surface area contributed by atoms with Crippen molar-refractivity contribution < 1.29 is 9.53 Å². The highest BCUT2D eigenvalue weighted by atomic mass is 32.1. The minimum Gasteiger partial charge on any atom is -0.465 e. The summed E-state index contributed by atoms with van der Waals surface area (Å²) in [5.74, 6) is 0.136. The van der Waals surface area contributed by atoms with Gasteiger partial charge in [0, 0.05) is 6.20 Å². The molecule has 0 aliphatic carbocycles. The van der Waals surface area contributed by atoms with Gasteiger partial charge in [-0.15, -0.1) is 11.3 Å². The van der Waals surface area contributed by atoms with Gasteiger partial charge < -0.3 is 4.74 Å². The van der Waals surface area contributed by atoms with E-state index in [4.69, 9.17) is 4.74 Å². The van der Waals surface area contributed by atoms with Gasteiger partial charge in [-0.1, -0.05) is 26.0 Å². The predicted octanol–water partition coefficient (Wildman–Crippen LogP) is 3.10. The molecule has 0 aliphatic heterocycles. The molecule has 0 saturated carbocycles. The maximum atomic E-state index is 12.1. The van der Waals surface area contributed by atoms with Crippen LogP contribution in [0.1, 0.15) is 29.2 Å². The highest BCUT2D eigenvalue weighted by Crippen LogP contribution is 2.08. The molecule has 0 spiro atoms. The third kappa shape index (κ3) is 5.29. The maximum absolute atomic E-state index is 12.1. The van der Waals surface area contributed by atoms with E-state index in [9.17, 15) is 4.79 Å². The summed E-state index contributed by atoms with van der Waals surface area (Å²) in [5, 5.41) is 4.57. The van der Waals surface area contributed by atoms with Crippen LogP contribution in [-0.4, -0.2) is 23.5 Å². The third-order valence-corrected chi connectivity index (χ3v) is 3.50. The van der Waals surface area contributed by atoms with Crippen LogP contribution in [0.25, 0.3) is 0 Å². The van der Waals surface area contributed by atoms with Gasteiger partial charge in [-0.05, 0) is 29.5 Å². The number of carbonyl (C=O) groups is 1. The maximum Gasteiger partial charge on any atom is 0.292 e. The van der Waals surface area contributed by atoms with Gasteiger partial charge in [-0.25, -0.2) is 4.99 Å². The minimum absolute atomic E-state index is 0.210. The summed E-state index contributed by atoms with van der Waals surface area (Å²) in [5.41, 5.74) is 0.818. The molecular weight excluding hydrogens is 298 g/mol. The Kier molecular flexibility index (Phi) is 6.09. The molecule has 0 saturated heterocycles. The molecule has 0 unspecified atom stereocenters. The van der Waals surface area contributed by atoms with E-state index in [2.05, 4.69) is 15.3 Å². The first kappa shape index (κ1) is 16.2. The number of aliphatic imine (C=N–C) groups is 1. The number of ether oxygens (including phenoxy) is 1. The minimum atomic E-state index is -0.210. The second kappa shape index (κ2) is 8.29.